The van der Waals surface area contributed by atoms with E-state index in [1.807, 2.05) is 0 Å². The van der Waals surface area contributed by atoms with E-state index in [-0.39, 0.29) is 6.10 Å². The van der Waals surface area contributed by atoms with Gasteiger partial charge in [-0.3, -0.25) is 0 Å². The zero-order valence-electron chi connectivity index (χ0n) is 5.59. The fourth-order valence-electron chi connectivity index (χ4n) is 0.926. The van der Waals surface area contributed by atoms with Crippen molar-refractivity contribution in [1.82, 2.24) is 9.62 Å². The highest BCUT2D eigenvalue weighted by Gasteiger charge is 2.14. The maximum Gasteiger partial charge on any atom is 0.0800 e. The Labute approximate surface area is 77.3 Å². The molecule has 0 aliphatic carbocycles. The van der Waals surface area contributed by atoms with Gasteiger partial charge in [0.15, 0.2) is 0 Å². The molecule has 10 heavy (non-hydrogen) atoms. The second kappa shape index (κ2) is 4.76. The number of nitrogens with zero attached hydrogens (tertiary/aromatic N) is 1. The molecule has 5 heteroatoms. The molecule has 1 rings (SSSR count). The van der Waals surface area contributed by atoms with Crippen molar-refractivity contribution in [2.75, 3.05) is 26.2 Å². The summed E-state index contributed by atoms with van der Waals surface area (Å²) in [5.41, 5.74) is 0. The van der Waals surface area contributed by atoms with Gasteiger partial charge in [0.1, 0.15) is 0 Å². The third-order valence-electron chi connectivity index (χ3n) is 1.43. The van der Waals surface area contributed by atoms with Crippen LogP contribution in [0.2, 0.25) is 0 Å². The first kappa shape index (κ1) is 9.05. The number of nitrogens with one attached hydrogen (secondary N) is 1. The summed E-state index contributed by atoms with van der Waals surface area (Å²) in [4.78, 5) is 0. The third-order valence-corrected chi connectivity index (χ3v) is 3.63. The summed E-state index contributed by atoms with van der Waals surface area (Å²) < 4.78 is 2.16. The van der Waals surface area contributed by atoms with Crippen LogP contribution < -0.4 is 5.32 Å². The van der Waals surface area contributed by atoms with Gasteiger partial charge < -0.3 is 10.4 Å². The number of β-amino-alcohol motifs (C(OH)–C–C–N with tert-alkyl or cyclic N) is 1. The van der Waals surface area contributed by atoms with Gasteiger partial charge in [-0.15, -0.1) is 0 Å². The molecule has 1 aliphatic heterocycles. The van der Waals surface area contributed by atoms with E-state index in [0.717, 1.165) is 26.2 Å². The van der Waals surface area contributed by atoms with Gasteiger partial charge in [0.25, 0.3) is 0 Å². The van der Waals surface area contributed by atoms with Crippen LogP contribution in [0.1, 0.15) is 0 Å². The van der Waals surface area contributed by atoms with Crippen LogP contribution in [0.15, 0.2) is 0 Å². The molecular formula is C5H11IN2OS. The second-order valence-electron chi connectivity index (χ2n) is 2.31. The SMILES string of the molecule is OC1CNCCN(SI)C1. The zero-order chi connectivity index (χ0) is 7.40. The summed E-state index contributed by atoms with van der Waals surface area (Å²) in [6, 6.07) is 0. The average molecular weight is 274 g/mol. The molecule has 0 amide bonds. The lowest BCUT2D eigenvalue weighted by molar-refractivity contribution is 0.163. The molecule has 0 spiro atoms. The largest absolute Gasteiger partial charge is 0.390 e. The van der Waals surface area contributed by atoms with Gasteiger partial charge in [-0.1, -0.05) is 0 Å². The zero-order valence-corrected chi connectivity index (χ0v) is 8.56. The molecule has 1 unspecified atom stereocenters. The van der Waals surface area contributed by atoms with Gasteiger partial charge in [-0.2, -0.15) is 0 Å². The number of rotatable bonds is 1. The monoisotopic (exact) mass is 274 g/mol. The quantitative estimate of drug-likeness (QED) is 0.531. The number of aliphatic hydroxyl groups is 1. The predicted octanol–water partition coefficient (Wildman–Crippen LogP) is 0.251. The summed E-state index contributed by atoms with van der Waals surface area (Å²) in [5, 5.41) is 12.4. The number of halogens is 1. The van der Waals surface area contributed by atoms with Crippen molar-refractivity contribution < 1.29 is 5.11 Å². The minimum Gasteiger partial charge on any atom is -0.390 e. The Kier molecular flexibility index (Phi) is 4.31. The van der Waals surface area contributed by atoms with E-state index in [1.54, 1.807) is 9.12 Å². The lowest BCUT2D eigenvalue weighted by atomic mass is 10.4. The molecule has 60 valence electrons. The van der Waals surface area contributed by atoms with E-state index >= 15 is 0 Å². The van der Waals surface area contributed by atoms with E-state index in [9.17, 15) is 5.11 Å². The Hall–Kier alpha value is 0.960. The molecule has 1 heterocycles. The highest BCUT2D eigenvalue weighted by Crippen LogP contribution is 2.18. The molecule has 0 bridgehead atoms. The molecule has 1 atom stereocenters. The van der Waals surface area contributed by atoms with Crippen LogP contribution in [0.4, 0.5) is 0 Å². The van der Waals surface area contributed by atoms with Crippen LogP contribution in [0.25, 0.3) is 0 Å². The standard InChI is InChI=1S/C5H11IN2OS/c6-10-8-2-1-7-3-5(9)4-8/h5,7,9H,1-4H2. The fraction of sp³-hybridized carbons (Fsp3) is 1.00. The first-order chi connectivity index (χ1) is 4.83. The maximum absolute atomic E-state index is 9.27. The van der Waals surface area contributed by atoms with E-state index in [0.29, 0.717) is 0 Å². The minimum atomic E-state index is -0.204. The summed E-state index contributed by atoms with van der Waals surface area (Å²) in [6.45, 7) is 3.51. The molecule has 1 saturated heterocycles. The van der Waals surface area contributed by atoms with Gasteiger partial charge in [0.05, 0.1) is 6.10 Å². The summed E-state index contributed by atoms with van der Waals surface area (Å²) in [7, 11) is 1.67. The normalized spacial score (nSPS) is 30.0. The van der Waals surface area contributed by atoms with E-state index in [2.05, 4.69) is 30.8 Å². The molecule has 0 aromatic carbocycles. The second-order valence-corrected chi connectivity index (χ2v) is 4.15. The van der Waals surface area contributed by atoms with Gasteiger partial charge in [0.2, 0.25) is 0 Å². The smallest absolute Gasteiger partial charge is 0.0800 e. The predicted molar refractivity (Wildman–Crippen MR) is 52.1 cm³/mol. The molecule has 0 aromatic rings. The van der Waals surface area contributed by atoms with E-state index in [1.165, 1.54) is 0 Å². The van der Waals surface area contributed by atoms with Gasteiger partial charge >= 0.3 is 0 Å². The minimum absolute atomic E-state index is 0.204. The van der Waals surface area contributed by atoms with Crippen molar-refractivity contribution in [2.24, 2.45) is 0 Å². The Morgan fingerprint density at radius 3 is 3.20 bits per heavy atom. The molecule has 1 aliphatic rings. The van der Waals surface area contributed by atoms with Crippen LogP contribution in [-0.4, -0.2) is 41.7 Å². The first-order valence-corrected chi connectivity index (χ1v) is 6.57. The Morgan fingerprint density at radius 2 is 2.50 bits per heavy atom. The highest BCUT2D eigenvalue weighted by atomic mass is 127. The van der Waals surface area contributed by atoms with Crippen molar-refractivity contribution in [3.05, 3.63) is 0 Å². The van der Waals surface area contributed by atoms with Crippen LogP contribution in [0.3, 0.4) is 0 Å². The lowest BCUT2D eigenvalue weighted by Gasteiger charge is -2.15. The lowest BCUT2D eigenvalue weighted by Crippen LogP contribution is -2.28. The van der Waals surface area contributed by atoms with Crippen LogP contribution >= 0.6 is 30.3 Å². The van der Waals surface area contributed by atoms with Crippen LogP contribution in [-0.2, 0) is 0 Å². The molecule has 2 N–H and O–H groups in total. The fourth-order valence-corrected chi connectivity index (χ4v) is 2.39. The maximum atomic E-state index is 9.27. The number of aliphatic hydroxyl groups excluding tert-OH is 1. The molecule has 1 fully saturated rings. The molecule has 3 nitrogen and oxygen atoms in total. The van der Waals surface area contributed by atoms with Crippen molar-refractivity contribution in [3.63, 3.8) is 0 Å². The van der Waals surface area contributed by atoms with E-state index in [4.69, 9.17) is 0 Å². The summed E-state index contributed by atoms with van der Waals surface area (Å²) in [5.74, 6) is 0. The Bertz CT molecular complexity index is 106. The molecular weight excluding hydrogens is 263 g/mol. The van der Waals surface area contributed by atoms with Gasteiger partial charge in [-0.05, 0) is 9.12 Å². The van der Waals surface area contributed by atoms with Crippen LogP contribution in [0.5, 0.6) is 0 Å². The average Bonchev–Trinajstić information content (AvgIpc) is 2.13. The number of hydrogen-bond acceptors (Lipinski definition) is 4. The van der Waals surface area contributed by atoms with Gasteiger partial charge in [-0.25, -0.2) is 4.31 Å². The topological polar surface area (TPSA) is 35.5 Å². The molecule has 0 radical (unpaired) electrons. The molecule has 0 saturated carbocycles. The Balaban J connectivity index is 2.30. The van der Waals surface area contributed by atoms with Crippen molar-refractivity contribution in [2.45, 2.75) is 6.10 Å². The van der Waals surface area contributed by atoms with Gasteiger partial charge in [0, 0.05) is 47.4 Å². The van der Waals surface area contributed by atoms with Crippen LogP contribution in [0, 0.1) is 0 Å². The van der Waals surface area contributed by atoms with Crippen molar-refractivity contribution >= 4 is 30.3 Å². The summed E-state index contributed by atoms with van der Waals surface area (Å²) >= 11 is 2.24. The van der Waals surface area contributed by atoms with Crippen molar-refractivity contribution in [1.29, 1.82) is 0 Å². The number of hydrogen-bond donors (Lipinski definition) is 2. The first-order valence-electron chi connectivity index (χ1n) is 3.25. The Morgan fingerprint density at radius 1 is 1.70 bits per heavy atom. The van der Waals surface area contributed by atoms with E-state index < -0.39 is 0 Å². The third kappa shape index (κ3) is 2.91. The molecule has 0 aromatic heterocycles. The highest BCUT2D eigenvalue weighted by molar-refractivity contribution is 14.2. The summed E-state index contributed by atoms with van der Waals surface area (Å²) in [6.07, 6.45) is -0.204. The van der Waals surface area contributed by atoms with Crippen molar-refractivity contribution in [3.8, 4) is 0 Å².